The monoisotopic (exact) mass is 330 g/mol. The minimum Gasteiger partial charge on any atom is -0.392 e. The molecule has 0 bridgehead atoms. The maximum absolute atomic E-state index is 12.7. The maximum Gasteiger partial charge on any atom is 0.244 e. The van der Waals surface area contributed by atoms with Crippen molar-refractivity contribution in [1.82, 2.24) is 4.31 Å². The summed E-state index contributed by atoms with van der Waals surface area (Å²) in [6.45, 7) is 0.441. The summed E-state index contributed by atoms with van der Waals surface area (Å²) in [5.41, 5.74) is 1.18. The Kier molecular flexibility index (Phi) is 3.69. The Labute approximate surface area is 127 Å². The lowest BCUT2D eigenvalue weighted by Crippen LogP contribution is -2.42. The van der Waals surface area contributed by atoms with Crippen LogP contribution in [-0.4, -0.2) is 42.9 Å². The number of carbonyl (C=O) groups is 1. The molecule has 2 aliphatic heterocycles. The summed E-state index contributed by atoms with van der Waals surface area (Å²) >= 11 is 6.08. The number of nitrogens with one attached hydrogen (secondary N) is 1. The number of anilines is 1. The van der Waals surface area contributed by atoms with E-state index in [1.807, 2.05) is 0 Å². The fourth-order valence-corrected chi connectivity index (χ4v) is 4.77. The van der Waals surface area contributed by atoms with Gasteiger partial charge in [0.25, 0.3) is 0 Å². The number of aliphatic hydroxyl groups is 1. The Bertz CT molecular complexity index is 704. The highest BCUT2D eigenvalue weighted by Crippen LogP contribution is 2.34. The van der Waals surface area contributed by atoms with Gasteiger partial charge in [-0.2, -0.15) is 4.31 Å². The Balaban J connectivity index is 2.00. The molecule has 1 aromatic rings. The molecule has 1 fully saturated rings. The average Bonchev–Trinajstić information content (AvgIpc) is 2.76. The molecule has 0 spiro atoms. The lowest BCUT2D eigenvalue weighted by molar-refractivity contribution is -0.115. The van der Waals surface area contributed by atoms with Crippen LogP contribution in [0.15, 0.2) is 17.0 Å². The van der Waals surface area contributed by atoms with Crippen LogP contribution in [0.1, 0.15) is 18.4 Å². The van der Waals surface area contributed by atoms with Gasteiger partial charge in [0.2, 0.25) is 15.9 Å². The van der Waals surface area contributed by atoms with E-state index in [9.17, 15) is 18.3 Å². The highest BCUT2D eigenvalue weighted by molar-refractivity contribution is 7.89. The van der Waals surface area contributed by atoms with Crippen LogP contribution in [0.3, 0.4) is 0 Å². The molecule has 2 heterocycles. The van der Waals surface area contributed by atoms with Gasteiger partial charge >= 0.3 is 0 Å². The number of nitrogens with zero attached hydrogens (tertiary/aromatic N) is 1. The molecule has 2 aliphatic rings. The summed E-state index contributed by atoms with van der Waals surface area (Å²) in [5.74, 6) is -0.177. The van der Waals surface area contributed by atoms with Crippen molar-refractivity contribution in [3.8, 4) is 0 Å². The predicted octanol–water partition coefficient (Wildman–Crippen LogP) is 0.980. The van der Waals surface area contributed by atoms with Crippen molar-refractivity contribution in [3.05, 3.63) is 22.7 Å². The summed E-state index contributed by atoms with van der Waals surface area (Å²) in [7, 11) is -3.76. The Hall–Kier alpha value is -1.15. The number of hydrogen-bond donors (Lipinski definition) is 2. The van der Waals surface area contributed by atoms with Crippen molar-refractivity contribution in [1.29, 1.82) is 0 Å². The Morgan fingerprint density at radius 3 is 2.86 bits per heavy atom. The van der Waals surface area contributed by atoms with Gasteiger partial charge in [0, 0.05) is 18.8 Å². The molecule has 1 amide bonds. The first-order valence-electron chi connectivity index (χ1n) is 6.68. The number of aliphatic hydroxyl groups excluding tert-OH is 1. The molecule has 0 unspecified atom stereocenters. The zero-order valence-corrected chi connectivity index (χ0v) is 12.7. The van der Waals surface area contributed by atoms with E-state index < -0.39 is 16.1 Å². The molecule has 0 saturated carbocycles. The smallest absolute Gasteiger partial charge is 0.244 e. The van der Waals surface area contributed by atoms with Gasteiger partial charge in [-0.15, -0.1) is 0 Å². The van der Waals surface area contributed by atoms with Crippen molar-refractivity contribution in [2.24, 2.45) is 0 Å². The summed E-state index contributed by atoms with van der Waals surface area (Å²) in [5, 5.41) is 12.4. The van der Waals surface area contributed by atoms with E-state index in [0.29, 0.717) is 30.6 Å². The van der Waals surface area contributed by atoms with Crippen molar-refractivity contribution >= 4 is 33.2 Å². The largest absolute Gasteiger partial charge is 0.392 e. The third-order valence-electron chi connectivity index (χ3n) is 3.76. The van der Waals surface area contributed by atoms with E-state index in [1.165, 1.54) is 16.4 Å². The van der Waals surface area contributed by atoms with Crippen LogP contribution >= 0.6 is 11.6 Å². The number of carbonyl (C=O) groups excluding carboxylic acids is 1. The molecule has 1 aromatic carbocycles. The Morgan fingerprint density at radius 2 is 2.14 bits per heavy atom. The second-order valence-corrected chi connectivity index (χ2v) is 7.64. The first kappa shape index (κ1) is 14.8. The highest BCUT2D eigenvalue weighted by atomic mass is 35.5. The van der Waals surface area contributed by atoms with Crippen molar-refractivity contribution in [2.75, 3.05) is 18.4 Å². The molecular weight excluding hydrogens is 316 g/mol. The molecule has 3 rings (SSSR count). The fraction of sp³-hybridized carbons (Fsp3) is 0.462. The number of benzene rings is 1. The molecule has 1 atom stereocenters. The van der Waals surface area contributed by atoms with E-state index in [1.54, 1.807) is 0 Å². The topological polar surface area (TPSA) is 86.7 Å². The van der Waals surface area contributed by atoms with Gasteiger partial charge in [0.05, 0.1) is 17.5 Å². The molecule has 0 radical (unpaired) electrons. The summed E-state index contributed by atoms with van der Waals surface area (Å²) < 4.78 is 26.6. The van der Waals surface area contributed by atoms with Gasteiger partial charge in [-0.25, -0.2) is 8.42 Å². The fourth-order valence-electron chi connectivity index (χ4n) is 2.70. The Morgan fingerprint density at radius 1 is 1.38 bits per heavy atom. The quantitative estimate of drug-likeness (QED) is 0.846. The second-order valence-electron chi connectivity index (χ2n) is 5.32. The number of hydrogen-bond acceptors (Lipinski definition) is 4. The normalized spacial score (nSPS) is 23.0. The number of fused-ring (bicyclic) bond motifs is 1. The van der Waals surface area contributed by atoms with Gasteiger partial charge in [-0.05, 0) is 30.5 Å². The summed E-state index contributed by atoms with van der Waals surface area (Å²) in [6, 6.07) is 2.92. The highest BCUT2D eigenvalue weighted by Gasteiger charge is 2.32. The molecule has 1 saturated heterocycles. The van der Waals surface area contributed by atoms with Crippen LogP contribution in [0.2, 0.25) is 5.02 Å². The van der Waals surface area contributed by atoms with Crippen molar-refractivity contribution in [3.63, 3.8) is 0 Å². The molecule has 114 valence electrons. The molecule has 2 N–H and O–H groups in total. The van der Waals surface area contributed by atoms with E-state index in [2.05, 4.69) is 5.32 Å². The zero-order chi connectivity index (χ0) is 15.2. The number of halogens is 1. The number of rotatable bonds is 2. The number of piperidine rings is 1. The number of β-amino-alcohol motifs (C(OH)–C–C–N with tert-alkyl or cyclic N) is 1. The van der Waals surface area contributed by atoms with E-state index >= 15 is 0 Å². The lowest BCUT2D eigenvalue weighted by atomic mass is 10.1. The van der Waals surface area contributed by atoms with Crippen LogP contribution in [0.5, 0.6) is 0 Å². The SMILES string of the molecule is O=C1Cc2cc(S(=O)(=O)N3CCC[C@H](O)C3)c(Cl)cc2N1. The minimum atomic E-state index is -3.76. The van der Waals surface area contributed by atoms with Crippen molar-refractivity contribution in [2.45, 2.75) is 30.3 Å². The van der Waals surface area contributed by atoms with Crippen LogP contribution in [-0.2, 0) is 21.2 Å². The predicted molar refractivity (Wildman–Crippen MR) is 77.8 cm³/mol. The second kappa shape index (κ2) is 5.24. The molecule has 0 aliphatic carbocycles. The van der Waals surface area contributed by atoms with E-state index in [-0.39, 0.29) is 28.8 Å². The summed E-state index contributed by atoms with van der Waals surface area (Å²) in [4.78, 5) is 11.4. The summed E-state index contributed by atoms with van der Waals surface area (Å²) in [6.07, 6.45) is 0.716. The van der Waals surface area contributed by atoms with E-state index in [0.717, 1.165) is 0 Å². The van der Waals surface area contributed by atoms with Crippen LogP contribution in [0.25, 0.3) is 0 Å². The zero-order valence-electron chi connectivity index (χ0n) is 11.2. The van der Waals surface area contributed by atoms with Crippen LogP contribution in [0, 0.1) is 0 Å². The van der Waals surface area contributed by atoms with Crippen LogP contribution in [0.4, 0.5) is 5.69 Å². The van der Waals surface area contributed by atoms with Gasteiger partial charge in [0.15, 0.2) is 0 Å². The van der Waals surface area contributed by atoms with Gasteiger partial charge in [0.1, 0.15) is 4.90 Å². The number of sulfonamides is 1. The molecule has 0 aromatic heterocycles. The van der Waals surface area contributed by atoms with Gasteiger partial charge in [-0.3, -0.25) is 4.79 Å². The van der Waals surface area contributed by atoms with Crippen LogP contribution < -0.4 is 5.32 Å². The first-order valence-corrected chi connectivity index (χ1v) is 8.50. The van der Waals surface area contributed by atoms with Gasteiger partial charge < -0.3 is 10.4 Å². The van der Waals surface area contributed by atoms with Crippen molar-refractivity contribution < 1.29 is 18.3 Å². The lowest BCUT2D eigenvalue weighted by Gasteiger charge is -2.29. The maximum atomic E-state index is 12.7. The molecular formula is C13H15ClN2O4S. The van der Waals surface area contributed by atoms with E-state index in [4.69, 9.17) is 11.6 Å². The molecule has 8 heteroatoms. The molecule has 21 heavy (non-hydrogen) atoms. The first-order chi connectivity index (χ1) is 9.88. The number of amides is 1. The van der Waals surface area contributed by atoms with Gasteiger partial charge in [-0.1, -0.05) is 11.6 Å². The third kappa shape index (κ3) is 2.66. The third-order valence-corrected chi connectivity index (χ3v) is 6.09. The molecule has 6 nitrogen and oxygen atoms in total. The average molecular weight is 331 g/mol. The standard InChI is InChI=1S/C13H15ClN2O4S/c14-10-6-11-8(5-13(18)15-11)4-12(10)21(19,20)16-3-1-2-9(17)7-16/h4,6,9,17H,1-3,5,7H2,(H,15,18)/t9-/m0/s1. The minimum absolute atomic E-state index is 0.00600.